The number of hydrogen-bond donors (Lipinski definition) is 2. The van der Waals surface area contributed by atoms with Crippen LogP contribution in [0, 0.1) is 0 Å². The first-order valence-electron chi connectivity index (χ1n) is 5.39. The first-order valence-corrected chi connectivity index (χ1v) is 6.21. The van der Waals surface area contributed by atoms with Gasteiger partial charge in [0.25, 0.3) is 0 Å². The minimum atomic E-state index is -0.469. The van der Waals surface area contributed by atoms with Gasteiger partial charge in [-0.1, -0.05) is 11.3 Å². The van der Waals surface area contributed by atoms with Crippen molar-refractivity contribution in [2.45, 2.75) is 18.9 Å². The molecular formula is C10H15N3O3S. The highest BCUT2D eigenvalue weighted by Crippen LogP contribution is 2.30. The molecule has 0 bridgehead atoms. The van der Waals surface area contributed by atoms with Crippen LogP contribution in [0.3, 0.4) is 0 Å². The Balaban J connectivity index is 2.19. The fourth-order valence-corrected chi connectivity index (χ4v) is 2.76. The number of aliphatic hydroxyl groups excluding tert-OH is 1. The molecule has 1 saturated heterocycles. The van der Waals surface area contributed by atoms with E-state index in [4.69, 9.17) is 5.73 Å². The first kappa shape index (κ1) is 12.1. The number of carbonyl (C=O) groups excluding carboxylic acids is 1. The van der Waals surface area contributed by atoms with Crippen molar-refractivity contribution < 1.29 is 14.6 Å². The smallest absolute Gasteiger partial charge is 0.351 e. The van der Waals surface area contributed by atoms with Crippen LogP contribution >= 0.6 is 11.3 Å². The second-order valence-electron chi connectivity index (χ2n) is 3.94. The molecule has 1 aliphatic rings. The lowest BCUT2D eigenvalue weighted by molar-refractivity contribution is 0.0607. The fourth-order valence-electron chi connectivity index (χ4n) is 1.82. The molecule has 94 valence electrons. The molecule has 6 nitrogen and oxygen atoms in total. The van der Waals surface area contributed by atoms with E-state index in [2.05, 4.69) is 9.72 Å². The van der Waals surface area contributed by atoms with Crippen LogP contribution in [0.1, 0.15) is 22.5 Å². The molecular weight excluding hydrogens is 242 g/mol. The maximum Gasteiger partial charge on any atom is 0.351 e. The summed E-state index contributed by atoms with van der Waals surface area (Å²) in [5.41, 5.74) is 5.67. The summed E-state index contributed by atoms with van der Waals surface area (Å²) in [5, 5.41) is 10.3. The number of thiazole rings is 1. The summed E-state index contributed by atoms with van der Waals surface area (Å²) in [4.78, 5) is 17.8. The fraction of sp³-hybridized carbons (Fsp3) is 0.600. The molecule has 2 rings (SSSR count). The number of piperidine rings is 1. The quantitative estimate of drug-likeness (QED) is 0.749. The number of nitrogens with two attached hydrogens (primary N) is 1. The summed E-state index contributed by atoms with van der Waals surface area (Å²) >= 11 is 1.20. The van der Waals surface area contributed by atoms with Gasteiger partial charge in [0.05, 0.1) is 13.2 Å². The lowest BCUT2D eigenvalue weighted by atomic mass is 10.1. The van der Waals surface area contributed by atoms with Gasteiger partial charge in [-0.25, -0.2) is 9.78 Å². The molecule has 1 aromatic heterocycles. The van der Waals surface area contributed by atoms with Gasteiger partial charge in [0.2, 0.25) is 0 Å². The first-order chi connectivity index (χ1) is 8.11. The van der Waals surface area contributed by atoms with E-state index in [0.717, 1.165) is 19.4 Å². The van der Waals surface area contributed by atoms with Crippen LogP contribution in [0.15, 0.2) is 0 Å². The van der Waals surface area contributed by atoms with E-state index in [1.807, 2.05) is 4.90 Å². The number of rotatable bonds is 2. The standard InChI is InChI=1S/C10H15N3O3S/c1-16-9(15)7-8(11)12-10(17-7)13-4-2-3-6(14)5-13/h6,14H,2-5,11H2,1H3. The second kappa shape index (κ2) is 4.89. The molecule has 17 heavy (non-hydrogen) atoms. The van der Waals surface area contributed by atoms with E-state index < -0.39 is 5.97 Å². The van der Waals surface area contributed by atoms with Crippen molar-refractivity contribution in [2.75, 3.05) is 30.8 Å². The molecule has 1 aromatic rings. The van der Waals surface area contributed by atoms with Crippen molar-refractivity contribution in [1.82, 2.24) is 4.98 Å². The van der Waals surface area contributed by atoms with Crippen LogP contribution < -0.4 is 10.6 Å². The zero-order chi connectivity index (χ0) is 12.4. The van der Waals surface area contributed by atoms with E-state index in [0.29, 0.717) is 16.6 Å². The maximum absolute atomic E-state index is 11.4. The lowest BCUT2D eigenvalue weighted by Gasteiger charge is -2.29. The Kier molecular flexibility index (Phi) is 3.49. The van der Waals surface area contributed by atoms with E-state index in [1.165, 1.54) is 18.4 Å². The van der Waals surface area contributed by atoms with Crippen molar-refractivity contribution in [3.8, 4) is 0 Å². The Labute approximate surface area is 103 Å². The number of aliphatic hydroxyl groups is 1. The van der Waals surface area contributed by atoms with E-state index in [-0.39, 0.29) is 11.9 Å². The molecule has 0 spiro atoms. The van der Waals surface area contributed by atoms with Gasteiger partial charge in [0.15, 0.2) is 15.8 Å². The number of nitrogen functional groups attached to an aromatic ring is 1. The monoisotopic (exact) mass is 257 g/mol. The maximum atomic E-state index is 11.4. The Morgan fingerprint density at radius 3 is 3.12 bits per heavy atom. The van der Waals surface area contributed by atoms with Crippen LogP contribution in [-0.4, -0.2) is 42.4 Å². The second-order valence-corrected chi connectivity index (χ2v) is 4.92. The molecule has 2 heterocycles. The van der Waals surface area contributed by atoms with E-state index >= 15 is 0 Å². The Bertz CT molecular complexity index is 421. The third-order valence-electron chi connectivity index (χ3n) is 2.68. The molecule has 1 atom stereocenters. The Morgan fingerprint density at radius 1 is 1.71 bits per heavy atom. The summed E-state index contributed by atoms with van der Waals surface area (Å²) in [6, 6.07) is 0. The zero-order valence-corrected chi connectivity index (χ0v) is 10.4. The third kappa shape index (κ3) is 2.50. The molecule has 0 aromatic carbocycles. The number of esters is 1. The highest BCUT2D eigenvalue weighted by molar-refractivity contribution is 7.18. The van der Waals surface area contributed by atoms with Crippen LogP contribution in [0.5, 0.6) is 0 Å². The Morgan fingerprint density at radius 2 is 2.47 bits per heavy atom. The van der Waals surface area contributed by atoms with Gasteiger partial charge in [-0.15, -0.1) is 0 Å². The SMILES string of the molecule is COC(=O)c1sc(N2CCCC(O)C2)nc1N. The zero-order valence-electron chi connectivity index (χ0n) is 9.55. The van der Waals surface area contributed by atoms with Gasteiger partial charge in [0.1, 0.15) is 0 Å². The average Bonchev–Trinajstić information content (AvgIpc) is 2.70. The summed E-state index contributed by atoms with van der Waals surface area (Å²) in [7, 11) is 1.31. The normalized spacial score (nSPS) is 20.4. The average molecular weight is 257 g/mol. The predicted octanol–water partition coefficient (Wildman–Crippen LogP) is 0.473. The van der Waals surface area contributed by atoms with Gasteiger partial charge < -0.3 is 20.5 Å². The summed E-state index contributed by atoms with van der Waals surface area (Å²) in [6.45, 7) is 1.36. The highest BCUT2D eigenvalue weighted by Gasteiger charge is 2.23. The van der Waals surface area contributed by atoms with E-state index in [1.54, 1.807) is 0 Å². The number of carbonyl (C=O) groups is 1. The molecule has 0 aliphatic carbocycles. The van der Waals surface area contributed by atoms with Crippen LogP contribution in [0.4, 0.5) is 10.9 Å². The molecule has 0 radical (unpaired) electrons. The van der Waals surface area contributed by atoms with Crippen molar-refractivity contribution in [2.24, 2.45) is 0 Å². The van der Waals surface area contributed by atoms with Crippen molar-refractivity contribution in [1.29, 1.82) is 0 Å². The topological polar surface area (TPSA) is 88.7 Å². The summed E-state index contributed by atoms with van der Waals surface area (Å²) in [5.74, 6) is -0.277. The van der Waals surface area contributed by atoms with Crippen LogP contribution in [0.2, 0.25) is 0 Å². The Hall–Kier alpha value is -1.34. The minimum absolute atomic E-state index is 0.192. The molecule has 7 heteroatoms. The van der Waals surface area contributed by atoms with Crippen LogP contribution in [0.25, 0.3) is 0 Å². The molecule has 3 N–H and O–H groups in total. The van der Waals surface area contributed by atoms with Gasteiger partial charge in [-0.3, -0.25) is 0 Å². The minimum Gasteiger partial charge on any atom is -0.465 e. The number of anilines is 2. The summed E-state index contributed by atoms with van der Waals surface area (Å²) in [6.07, 6.45) is 1.38. The van der Waals surface area contributed by atoms with Gasteiger partial charge >= 0.3 is 5.97 Å². The van der Waals surface area contributed by atoms with Crippen molar-refractivity contribution in [3.05, 3.63) is 4.88 Å². The highest BCUT2D eigenvalue weighted by atomic mass is 32.1. The number of hydrogen-bond acceptors (Lipinski definition) is 7. The molecule has 0 saturated carbocycles. The lowest BCUT2D eigenvalue weighted by Crippen LogP contribution is -2.38. The van der Waals surface area contributed by atoms with Crippen LogP contribution in [-0.2, 0) is 4.74 Å². The van der Waals surface area contributed by atoms with E-state index in [9.17, 15) is 9.90 Å². The molecule has 1 fully saturated rings. The number of nitrogens with zero attached hydrogens (tertiary/aromatic N) is 2. The number of aromatic nitrogens is 1. The van der Waals surface area contributed by atoms with Gasteiger partial charge in [-0.2, -0.15) is 0 Å². The molecule has 1 unspecified atom stereocenters. The van der Waals surface area contributed by atoms with Crippen molar-refractivity contribution >= 4 is 28.3 Å². The third-order valence-corrected chi connectivity index (χ3v) is 3.79. The number of methoxy groups -OCH3 is 1. The van der Waals surface area contributed by atoms with Crippen molar-refractivity contribution in [3.63, 3.8) is 0 Å². The number of ether oxygens (including phenoxy) is 1. The molecule has 1 aliphatic heterocycles. The number of β-amino-alcohol motifs (C(OH)–C–C–N with tert-alkyl or cyclic N) is 1. The summed E-state index contributed by atoms with van der Waals surface area (Å²) < 4.78 is 4.62. The van der Waals surface area contributed by atoms with Gasteiger partial charge in [0, 0.05) is 13.1 Å². The predicted molar refractivity (Wildman–Crippen MR) is 65.3 cm³/mol. The molecule has 0 amide bonds. The van der Waals surface area contributed by atoms with Gasteiger partial charge in [-0.05, 0) is 12.8 Å². The largest absolute Gasteiger partial charge is 0.465 e.